The molecule has 0 atom stereocenters. The van der Waals surface area contributed by atoms with E-state index < -0.39 is 0 Å². The smallest absolute Gasteiger partial charge is 0.230 e. The molecule has 0 aliphatic carbocycles. The highest BCUT2D eigenvalue weighted by Gasteiger charge is 2.13. The number of furan rings is 1. The number of nitrogens with two attached hydrogens (primary N) is 1. The van der Waals surface area contributed by atoms with Crippen molar-refractivity contribution in [2.45, 2.75) is 0 Å². The minimum atomic E-state index is -0.325. The zero-order valence-corrected chi connectivity index (χ0v) is 11.0. The summed E-state index contributed by atoms with van der Waals surface area (Å²) in [4.78, 5) is 14.0. The molecule has 0 bridgehead atoms. The maximum atomic E-state index is 13.2. The number of hydrogen-bond donors (Lipinski definition) is 1. The zero-order valence-electron chi connectivity index (χ0n) is 11.0. The maximum absolute atomic E-state index is 13.2. The van der Waals surface area contributed by atoms with Crippen LogP contribution >= 0.6 is 0 Å². The van der Waals surface area contributed by atoms with Crippen molar-refractivity contribution in [2.75, 3.05) is 24.7 Å². The molecule has 102 valence electrons. The van der Waals surface area contributed by atoms with Gasteiger partial charge in [0, 0.05) is 19.5 Å². The summed E-state index contributed by atoms with van der Waals surface area (Å²) in [5.74, 6) is 0.944. The third-order valence-electron chi connectivity index (χ3n) is 2.74. The number of halogens is 1. The van der Waals surface area contributed by atoms with Crippen molar-refractivity contribution >= 4 is 22.9 Å². The van der Waals surface area contributed by atoms with Gasteiger partial charge in [0.1, 0.15) is 11.4 Å². The van der Waals surface area contributed by atoms with Crippen LogP contribution in [0, 0.1) is 5.82 Å². The first kappa shape index (κ1) is 12.3. The van der Waals surface area contributed by atoms with Crippen LogP contribution in [-0.2, 0) is 0 Å². The van der Waals surface area contributed by atoms with E-state index >= 15 is 0 Å². The van der Waals surface area contributed by atoms with Gasteiger partial charge in [-0.1, -0.05) is 0 Å². The molecule has 0 aliphatic heterocycles. The van der Waals surface area contributed by atoms with Crippen molar-refractivity contribution in [2.24, 2.45) is 0 Å². The molecule has 0 fully saturated rings. The first-order chi connectivity index (χ1) is 9.52. The van der Waals surface area contributed by atoms with Gasteiger partial charge in [0.2, 0.25) is 17.7 Å². The van der Waals surface area contributed by atoms with Gasteiger partial charge in [0.15, 0.2) is 5.76 Å². The van der Waals surface area contributed by atoms with Crippen LogP contribution in [0.5, 0.6) is 0 Å². The Kier molecular flexibility index (Phi) is 2.74. The van der Waals surface area contributed by atoms with E-state index in [2.05, 4.69) is 15.0 Å². The molecule has 20 heavy (non-hydrogen) atoms. The molecule has 3 aromatic rings. The second-order valence-electron chi connectivity index (χ2n) is 4.50. The predicted octanol–water partition coefficient (Wildman–Crippen LogP) is 2.07. The third kappa shape index (κ3) is 2.13. The van der Waals surface area contributed by atoms with Crippen LogP contribution < -0.4 is 10.6 Å². The molecule has 6 nitrogen and oxygen atoms in total. The van der Waals surface area contributed by atoms with Crippen LogP contribution in [0.15, 0.2) is 28.7 Å². The molecule has 2 heterocycles. The van der Waals surface area contributed by atoms with Crippen molar-refractivity contribution in [3.05, 3.63) is 30.1 Å². The second kappa shape index (κ2) is 4.44. The molecule has 0 spiro atoms. The lowest BCUT2D eigenvalue weighted by molar-refractivity contribution is 0.615. The Balaban J connectivity index is 2.15. The molecule has 0 unspecified atom stereocenters. The molecule has 3 rings (SSSR count). The minimum absolute atomic E-state index is 0.102. The van der Waals surface area contributed by atoms with Gasteiger partial charge in [-0.3, -0.25) is 0 Å². The number of fused-ring (bicyclic) bond motifs is 1. The fourth-order valence-electron chi connectivity index (χ4n) is 1.82. The van der Waals surface area contributed by atoms with E-state index in [0.29, 0.717) is 28.5 Å². The lowest BCUT2D eigenvalue weighted by atomic mass is 10.2. The van der Waals surface area contributed by atoms with Crippen molar-refractivity contribution in [3.8, 4) is 11.6 Å². The zero-order chi connectivity index (χ0) is 14.3. The normalized spacial score (nSPS) is 10.9. The predicted molar refractivity (Wildman–Crippen MR) is 73.7 cm³/mol. The Hall–Kier alpha value is -2.70. The maximum Gasteiger partial charge on any atom is 0.230 e. The molecule has 2 aromatic heterocycles. The lowest BCUT2D eigenvalue weighted by Gasteiger charge is -2.10. The summed E-state index contributed by atoms with van der Waals surface area (Å²) in [5.41, 5.74) is 6.22. The number of nitrogens with zero attached hydrogens (tertiary/aromatic N) is 4. The molecule has 0 saturated heterocycles. The van der Waals surface area contributed by atoms with Crippen LogP contribution in [0.4, 0.5) is 16.3 Å². The molecule has 0 radical (unpaired) electrons. The van der Waals surface area contributed by atoms with Gasteiger partial charge in [-0.25, -0.2) is 4.39 Å². The van der Waals surface area contributed by atoms with Gasteiger partial charge >= 0.3 is 0 Å². The van der Waals surface area contributed by atoms with Crippen LogP contribution in [0.3, 0.4) is 0 Å². The van der Waals surface area contributed by atoms with Gasteiger partial charge in [-0.15, -0.1) is 0 Å². The van der Waals surface area contributed by atoms with E-state index in [1.807, 2.05) is 0 Å². The Morgan fingerprint density at radius 2 is 1.95 bits per heavy atom. The van der Waals surface area contributed by atoms with E-state index in [0.717, 1.165) is 0 Å². The Morgan fingerprint density at radius 1 is 1.15 bits per heavy atom. The van der Waals surface area contributed by atoms with Gasteiger partial charge in [-0.05, 0) is 24.3 Å². The number of nitrogen functional groups attached to an aromatic ring is 1. The van der Waals surface area contributed by atoms with E-state index in [9.17, 15) is 4.39 Å². The Labute approximate surface area is 114 Å². The first-order valence-corrected chi connectivity index (χ1v) is 5.91. The van der Waals surface area contributed by atoms with E-state index in [4.69, 9.17) is 10.2 Å². The number of hydrogen-bond acceptors (Lipinski definition) is 6. The number of rotatable bonds is 2. The first-order valence-electron chi connectivity index (χ1n) is 5.91. The summed E-state index contributed by atoms with van der Waals surface area (Å²) in [6.07, 6.45) is 0. The molecular formula is C13H12FN5O. The van der Waals surface area contributed by atoms with Crippen molar-refractivity contribution in [1.82, 2.24) is 15.0 Å². The third-order valence-corrected chi connectivity index (χ3v) is 2.74. The quantitative estimate of drug-likeness (QED) is 0.769. The highest BCUT2D eigenvalue weighted by molar-refractivity contribution is 5.81. The lowest BCUT2D eigenvalue weighted by Crippen LogP contribution is -2.15. The van der Waals surface area contributed by atoms with Gasteiger partial charge in [-0.2, -0.15) is 15.0 Å². The van der Waals surface area contributed by atoms with Gasteiger partial charge < -0.3 is 15.1 Å². The number of benzene rings is 1. The molecule has 1 aromatic carbocycles. The molecule has 2 N–H and O–H groups in total. The summed E-state index contributed by atoms with van der Waals surface area (Å²) in [5, 5.41) is 0.644. The summed E-state index contributed by atoms with van der Waals surface area (Å²) in [6.45, 7) is 0. The van der Waals surface area contributed by atoms with Crippen molar-refractivity contribution in [1.29, 1.82) is 0 Å². The fraction of sp³-hybridized carbons (Fsp3) is 0.154. The number of anilines is 2. The Morgan fingerprint density at radius 3 is 2.70 bits per heavy atom. The van der Waals surface area contributed by atoms with Gasteiger partial charge in [0.25, 0.3) is 0 Å². The van der Waals surface area contributed by atoms with Crippen molar-refractivity contribution in [3.63, 3.8) is 0 Å². The molecule has 0 aliphatic rings. The average Bonchev–Trinajstić information content (AvgIpc) is 2.80. The summed E-state index contributed by atoms with van der Waals surface area (Å²) >= 11 is 0. The standard InChI is InChI=1S/C13H12FN5O/c1-19(2)13-17-11(16-12(15)18-13)10-6-7-5-8(14)3-4-9(7)20-10/h3-6H,1-2H3,(H2,15,16,17,18). The summed E-state index contributed by atoms with van der Waals surface area (Å²) in [7, 11) is 3.60. The topological polar surface area (TPSA) is 81.1 Å². The van der Waals surface area contributed by atoms with E-state index in [1.54, 1.807) is 31.1 Å². The second-order valence-corrected chi connectivity index (χ2v) is 4.50. The van der Waals surface area contributed by atoms with Crippen molar-refractivity contribution < 1.29 is 8.81 Å². The van der Waals surface area contributed by atoms with E-state index in [-0.39, 0.29) is 11.8 Å². The van der Waals surface area contributed by atoms with Crippen LogP contribution in [0.2, 0.25) is 0 Å². The highest BCUT2D eigenvalue weighted by atomic mass is 19.1. The SMILES string of the molecule is CN(C)c1nc(N)nc(-c2cc3cc(F)ccc3o2)n1. The summed E-state index contributed by atoms with van der Waals surface area (Å²) < 4.78 is 18.8. The molecular weight excluding hydrogens is 261 g/mol. The minimum Gasteiger partial charge on any atom is -0.453 e. The average molecular weight is 273 g/mol. The fourth-order valence-corrected chi connectivity index (χ4v) is 1.82. The van der Waals surface area contributed by atoms with Crippen LogP contribution in [-0.4, -0.2) is 29.0 Å². The molecule has 7 heteroatoms. The van der Waals surface area contributed by atoms with Crippen LogP contribution in [0.25, 0.3) is 22.6 Å². The Bertz CT molecular complexity index is 784. The molecule has 0 amide bonds. The summed E-state index contributed by atoms with van der Waals surface area (Å²) in [6, 6.07) is 5.96. The van der Waals surface area contributed by atoms with E-state index in [1.165, 1.54) is 12.1 Å². The number of aromatic nitrogens is 3. The highest BCUT2D eigenvalue weighted by Crippen LogP contribution is 2.27. The van der Waals surface area contributed by atoms with Gasteiger partial charge in [0.05, 0.1) is 0 Å². The molecule has 0 saturated carbocycles. The largest absolute Gasteiger partial charge is 0.453 e. The van der Waals surface area contributed by atoms with Crippen LogP contribution in [0.1, 0.15) is 0 Å². The monoisotopic (exact) mass is 273 g/mol.